The van der Waals surface area contributed by atoms with Crippen molar-refractivity contribution in [3.8, 4) is 0 Å². The average molecular weight is 278 g/mol. The van der Waals surface area contributed by atoms with Gasteiger partial charge in [-0.2, -0.15) is 0 Å². The number of nitrogens with one attached hydrogen (secondary N) is 1. The summed E-state index contributed by atoms with van der Waals surface area (Å²) in [7, 11) is 0. The third-order valence-electron chi connectivity index (χ3n) is 2.23. The van der Waals surface area contributed by atoms with E-state index in [9.17, 15) is 0 Å². The van der Waals surface area contributed by atoms with E-state index in [1.165, 1.54) is 0 Å². The standard InChI is InChI=1S/C10H14BrClN2/c1-3-10(2,7-12)14-9-5-4-8(11)6-13-9/h4-6H,3,7H2,1-2H3,(H,13,14). The molecule has 2 nitrogen and oxygen atoms in total. The van der Waals surface area contributed by atoms with E-state index in [2.05, 4.69) is 40.1 Å². The van der Waals surface area contributed by atoms with Crippen molar-refractivity contribution >= 4 is 33.3 Å². The maximum atomic E-state index is 5.89. The number of alkyl halides is 1. The molecular weight excluding hydrogens is 263 g/mol. The van der Waals surface area contributed by atoms with Crippen molar-refractivity contribution in [1.82, 2.24) is 4.98 Å². The van der Waals surface area contributed by atoms with Gasteiger partial charge in [-0.05, 0) is 41.4 Å². The summed E-state index contributed by atoms with van der Waals surface area (Å²) in [6.45, 7) is 4.19. The summed E-state index contributed by atoms with van der Waals surface area (Å²) in [5.74, 6) is 1.43. The van der Waals surface area contributed by atoms with Crippen LogP contribution < -0.4 is 5.32 Å². The first-order valence-electron chi connectivity index (χ1n) is 4.55. The molecule has 1 atom stereocenters. The van der Waals surface area contributed by atoms with Gasteiger partial charge in [0.05, 0.1) is 0 Å². The normalized spacial score (nSPS) is 14.9. The molecule has 4 heteroatoms. The Balaban J connectivity index is 2.72. The number of anilines is 1. The number of hydrogen-bond acceptors (Lipinski definition) is 2. The molecule has 0 aromatic carbocycles. The summed E-state index contributed by atoms with van der Waals surface area (Å²) in [6.07, 6.45) is 2.74. The number of rotatable bonds is 4. The minimum atomic E-state index is -0.0810. The van der Waals surface area contributed by atoms with Crippen LogP contribution in [0.2, 0.25) is 0 Å². The highest BCUT2D eigenvalue weighted by molar-refractivity contribution is 9.10. The second kappa shape index (κ2) is 4.99. The number of aromatic nitrogens is 1. The zero-order valence-corrected chi connectivity index (χ0v) is 10.7. The molecule has 1 N–H and O–H groups in total. The fourth-order valence-electron chi connectivity index (χ4n) is 0.975. The molecule has 0 saturated carbocycles. The Kier molecular flexibility index (Phi) is 4.20. The second-order valence-electron chi connectivity index (χ2n) is 3.53. The van der Waals surface area contributed by atoms with Crippen molar-refractivity contribution in [3.05, 3.63) is 22.8 Å². The smallest absolute Gasteiger partial charge is 0.126 e. The molecule has 1 unspecified atom stereocenters. The van der Waals surface area contributed by atoms with Gasteiger partial charge in [0.25, 0.3) is 0 Å². The predicted molar refractivity (Wildman–Crippen MR) is 65.0 cm³/mol. The van der Waals surface area contributed by atoms with E-state index in [-0.39, 0.29) is 5.54 Å². The van der Waals surface area contributed by atoms with E-state index >= 15 is 0 Å². The van der Waals surface area contributed by atoms with Gasteiger partial charge in [-0.15, -0.1) is 11.6 Å². The minimum absolute atomic E-state index is 0.0810. The first-order valence-corrected chi connectivity index (χ1v) is 5.88. The molecule has 0 radical (unpaired) electrons. The lowest BCUT2D eigenvalue weighted by molar-refractivity contribution is 0.551. The molecule has 0 saturated heterocycles. The van der Waals surface area contributed by atoms with Gasteiger partial charge >= 0.3 is 0 Å². The van der Waals surface area contributed by atoms with Crippen LogP contribution in [0.5, 0.6) is 0 Å². The summed E-state index contributed by atoms with van der Waals surface area (Å²) in [5, 5.41) is 3.32. The largest absolute Gasteiger partial charge is 0.364 e. The molecule has 0 bridgehead atoms. The maximum Gasteiger partial charge on any atom is 0.126 e. The molecule has 0 amide bonds. The van der Waals surface area contributed by atoms with E-state index in [1.54, 1.807) is 6.20 Å². The van der Waals surface area contributed by atoms with E-state index < -0.39 is 0 Å². The third kappa shape index (κ3) is 3.14. The first-order chi connectivity index (χ1) is 6.59. The van der Waals surface area contributed by atoms with Crippen LogP contribution in [0.15, 0.2) is 22.8 Å². The summed E-state index contributed by atoms with van der Waals surface area (Å²) in [5.41, 5.74) is -0.0810. The highest BCUT2D eigenvalue weighted by Gasteiger charge is 2.20. The Morgan fingerprint density at radius 2 is 2.29 bits per heavy atom. The van der Waals surface area contributed by atoms with Crippen molar-refractivity contribution < 1.29 is 0 Å². The SMILES string of the molecule is CCC(C)(CCl)Nc1ccc(Br)cn1. The Bertz CT molecular complexity index is 283. The lowest BCUT2D eigenvalue weighted by Crippen LogP contribution is -2.36. The Morgan fingerprint density at radius 3 is 2.71 bits per heavy atom. The fraction of sp³-hybridized carbons (Fsp3) is 0.500. The minimum Gasteiger partial charge on any atom is -0.364 e. The molecule has 1 heterocycles. The second-order valence-corrected chi connectivity index (χ2v) is 4.72. The van der Waals surface area contributed by atoms with Gasteiger partial charge in [0, 0.05) is 22.1 Å². The summed E-state index contributed by atoms with van der Waals surface area (Å²) >= 11 is 9.23. The fourth-order valence-corrected chi connectivity index (χ4v) is 1.47. The molecular formula is C10H14BrClN2. The lowest BCUT2D eigenvalue weighted by Gasteiger charge is -2.27. The molecule has 1 aromatic heterocycles. The van der Waals surface area contributed by atoms with Crippen LogP contribution in [-0.4, -0.2) is 16.4 Å². The third-order valence-corrected chi connectivity index (χ3v) is 3.29. The lowest BCUT2D eigenvalue weighted by atomic mass is 10.0. The Morgan fingerprint density at radius 1 is 1.57 bits per heavy atom. The van der Waals surface area contributed by atoms with Crippen LogP contribution in [0.1, 0.15) is 20.3 Å². The highest BCUT2D eigenvalue weighted by Crippen LogP contribution is 2.19. The van der Waals surface area contributed by atoms with Crippen LogP contribution in [0.3, 0.4) is 0 Å². The van der Waals surface area contributed by atoms with Crippen LogP contribution in [0.4, 0.5) is 5.82 Å². The summed E-state index contributed by atoms with van der Waals surface area (Å²) in [6, 6.07) is 3.89. The number of halogens is 2. The molecule has 0 aliphatic rings. The zero-order valence-electron chi connectivity index (χ0n) is 8.35. The molecule has 0 fully saturated rings. The molecule has 0 aliphatic heterocycles. The molecule has 0 spiro atoms. The monoisotopic (exact) mass is 276 g/mol. The van der Waals surface area contributed by atoms with Crippen LogP contribution in [-0.2, 0) is 0 Å². The predicted octanol–water partition coefficient (Wildman–Crippen LogP) is 3.66. The van der Waals surface area contributed by atoms with Crippen molar-refractivity contribution in [2.45, 2.75) is 25.8 Å². The van der Waals surface area contributed by atoms with Gasteiger partial charge in [0.15, 0.2) is 0 Å². The summed E-state index contributed by atoms with van der Waals surface area (Å²) in [4.78, 5) is 4.24. The van der Waals surface area contributed by atoms with Gasteiger partial charge in [-0.25, -0.2) is 4.98 Å². The Labute approximate surface area is 98.2 Å². The molecule has 0 aliphatic carbocycles. The van der Waals surface area contributed by atoms with E-state index in [0.29, 0.717) is 5.88 Å². The zero-order chi connectivity index (χ0) is 10.6. The van der Waals surface area contributed by atoms with Gasteiger partial charge in [0.1, 0.15) is 5.82 Å². The van der Waals surface area contributed by atoms with Gasteiger partial charge in [0.2, 0.25) is 0 Å². The molecule has 14 heavy (non-hydrogen) atoms. The number of hydrogen-bond donors (Lipinski definition) is 1. The van der Waals surface area contributed by atoms with Gasteiger partial charge in [-0.3, -0.25) is 0 Å². The van der Waals surface area contributed by atoms with E-state index in [4.69, 9.17) is 11.6 Å². The highest BCUT2D eigenvalue weighted by atomic mass is 79.9. The van der Waals surface area contributed by atoms with Gasteiger partial charge < -0.3 is 5.32 Å². The summed E-state index contributed by atoms with van der Waals surface area (Å²) < 4.78 is 0.979. The van der Waals surface area contributed by atoms with Crippen LogP contribution in [0.25, 0.3) is 0 Å². The Hall–Kier alpha value is -0.280. The number of nitrogens with zero attached hydrogens (tertiary/aromatic N) is 1. The topological polar surface area (TPSA) is 24.9 Å². The van der Waals surface area contributed by atoms with Crippen molar-refractivity contribution in [3.63, 3.8) is 0 Å². The van der Waals surface area contributed by atoms with Gasteiger partial charge in [-0.1, -0.05) is 6.92 Å². The van der Waals surface area contributed by atoms with Crippen LogP contribution >= 0.6 is 27.5 Å². The quantitative estimate of drug-likeness (QED) is 0.850. The van der Waals surface area contributed by atoms with Crippen molar-refractivity contribution in [2.24, 2.45) is 0 Å². The first kappa shape index (κ1) is 11.8. The van der Waals surface area contributed by atoms with Crippen molar-refractivity contribution in [1.29, 1.82) is 0 Å². The van der Waals surface area contributed by atoms with E-state index in [0.717, 1.165) is 16.7 Å². The van der Waals surface area contributed by atoms with E-state index in [1.807, 2.05) is 12.1 Å². The van der Waals surface area contributed by atoms with Crippen LogP contribution in [0, 0.1) is 0 Å². The maximum absolute atomic E-state index is 5.89. The molecule has 1 rings (SSSR count). The molecule has 78 valence electrons. The average Bonchev–Trinajstić information content (AvgIpc) is 2.21. The molecule has 1 aromatic rings. The number of pyridine rings is 1. The van der Waals surface area contributed by atoms with Crippen molar-refractivity contribution in [2.75, 3.05) is 11.2 Å².